The molecular formula is C25H27N5O3. The number of para-hydroxylation sites is 2. The maximum Gasteiger partial charge on any atom is 0.326 e. The number of likely N-dealkylation sites (tertiary alicyclic amines) is 1. The minimum Gasteiger partial charge on any atom is -0.360 e. The van der Waals surface area contributed by atoms with E-state index < -0.39 is 0 Å². The van der Waals surface area contributed by atoms with Gasteiger partial charge in [0.25, 0.3) is 0 Å². The average Bonchev–Trinajstić information content (AvgIpc) is 3.46. The Morgan fingerprint density at radius 2 is 1.91 bits per heavy atom. The second kappa shape index (κ2) is 8.27. The fraction of sp³-hybridized carbons (Fsp3) is 0.320. The first-order valence-corrected chi connectivity index (χ1v) is 11.2. The van der Waals surface area contributed by atoms with E-state index in [4.69, 9.17) is 4.52 Å². The van der Waals surface area contributed by atoms with Crippen molar-refractivity contribution >= 4 is 23.0 Å². The van der Waals surface area contributed by atoms with Crippen LogP contribution in [-0.4, -0.2) is 43.2 Å². The van der Waals surface area contributed by atoms with Crippen molar-refractivity contribution in [3.05, 3.63) is 75.7 Å². The number of nitrogens with zero attached hydrogens (tertiary/aromatic N) is 4. The first-order valence-electron chi connectivity index (χ1n) is 11.2. The highest BCUT2D eigenvalue weighted by Crippen LogP contribution is 2.26. The minimum atomic E-state index is -0.0847. The molecule has 1 aromatic carbocycles. The average molecular weight is 446 g/mol. The molecule has 3 aromatic heterocycles. The number of piperidine rings is 1. The largest absolute Gasteiger partial charge is 0.360 e. The quantitative estimate of drug-likeness (QED) is 0.483. The van der Waals surface area contributed by atoms with Crippen molar-refractivity contribution in [1.82, 2.24) is 24.2 Å². The molecule has 1 aliphatic heterocycles. The van der Waals surface area contributed by atoms with Crippen molar-refractivity contribution in [3.63, 3.8) is 0 Å². The van der Waals surface area contributed by atoms with E-state index in [1.807, 2.05) is 77.3 Å². The molecule has 170 valence electrons. The Labute approximate surface area is 191 Å². The molecule has 0 spiro atoms. The second-order valence-corrected chi connectivity index (χ2v) is 8.66. The van der Waals surface area contributed by atoms with Crippen molar-refractivity contribution in [2.24, 2.45) is 0 Å². The monoisotopic (exact) mass is 445 g/mol. The number of imidazole rings is 1. The highest BCUT2D eigenvalue weighted by molar-refractivity contribution is 5.92. The van der Waals surface area contributed by atoms with E-state index in [0.717, 1.165) is 52.4 Å². The molecule has 0 radical (unpaired) electrons. The van der Waals surface area contributed by atoms with Gasteiger partial charge in [-0.3, -0.25) is 13.9 Å². The van der Waals surface area contributed by atoms with Crippen LogP contribution in [-0.2, 0) is 4.79 Å². The Bertz CT molecular complexity index is 1410. The summed E-state index contributed by atoms with van der Waals surface area (Å²) in [4.78, 5) is 30.1. The molecule has 4 aromatic rings. The fourth-order valence-corrected chi connectivity index (χ4v) is 4.82. The van der Waals surface area contributed by atoms with Crippen LogP contribution in [0, 0.1) is 20.8 Å². The zero-order valence-corrected chi connectivity index (χ0v) is 19.0. The van der Waals surface area contributed by atoms with Gasteiger partial charge in [0, 0.05) is 42.7 Å². The Hall–Kier alpha value is -3.81. The second-order valence-electron chi connectivity index (χ2n) is 8.66. The smallest absolute Gasteiger partial charge is 0.326 e. The molecule has 1 N–H and O–H groups in total. The molecule has 1 aliphatic rings. The lowest BCUT2D eigenvalue weighted by Crippen LogP contribution is -2.39. The van der Waals surface area contributed by atoms with Crippen LogP contribution in [0.4, 0.5) is 0 Å². The number of benzene rings is 1. The summed E-state index contributed by atoms with van der Waals surface area (Å²) in [5.74, 6) is 1.48. The van der Waals surface area contributed by atoms with Crippen molar-refractivity contribution in [1.29, 1.82) is 0 Å². The van der Waals surface area contributed by atoms with Crippen molar-refractivity contribution in [2.75, 3.05) is 13.1 Å². The van der Waals surface area contributed by atoms with Gasteiger partial charge in [0.15, 0.2) is 5.82 Å². The van der Waals surface area contributed by atoms with Gasteiger partial charge in [0.2, 0.25) is 5.91 Å². The number of amides is 1. The molecule has 0 bridgehead atoms. The minimum absolute atomic E-state index is 0.0122. The third kappa shape index (κ3) is 3.82. The maximum absolute atomic E-state index is 12.9. The summed E-state index contributed by atoms with van der Waals surface area (Å²) >= 11 is 0. The summed E-state index contributed by atoms with van der Waals surface area (Å²) in [5, 5.41) is 4.11. The van der Waals surface area contributed by atoms with E-state index in [2.05, 4.69) is 10.1 Å². The number of carbonyl (C=O) groups is 1. The van der Waals surface area contributed by atoms with Gasteiger partial charge in [-0.2, -0.15) is 0 Å². The van der Waals surface area contributed by atoms with Crippen LogP contribution in [0.3, 0.4) is 0 Å². The van der Waals surface area contributed by atoms with E-state index >= 15 is 0 Å². The normalized spacial score (nSPS) is 15.2. The van der Waals surface area contributed by atoms with Crippen molar-refractivity contribution in [3.8, 4) is 5.82 Å². The lowest BCUT2D eigenvalue weighted by atomic mass is 10.0. The van der Waals surface area contributed by atoms with Crippen LogP contribution in [0.5, 0.6) is 0 Å². The Morgan fingerprint density at radius 3 is 2.64 bits per heavy atom. The van der Waals surface area contributed by atoms with Gasteiger partial charge in [-0.1, -0.05) is 17.3 Å². The third-order valence-electron chi connectivity index (χ3n) is 6.49. The molecule has 1 saturated heterocycles. The molecule has 1 amide bonds. The lowest BCUT2D eigenvalue weighted by Gasteiger charge is -2.32. The van der Waals surface area contributed by atoms with E-state index in [1.165, 1.54) is 0 Å². The number of fused-ring (bicyclic) bond motifs is 1. The standard InChI is InChI=1S/C25H27N5O3/c1-16-14-19(18(3)29(16)23-15-17(2)33-27-23)8-9-24(31)28-12-10-20(11-13-28)30-22-7-5-4-6-21(22)26-25(30)32/h4-9,14-15,20H,10-13H2,1-3H3,(H,26,32). The number of aromatic nitrogens is 4. The predicted octanol–water partition coefficient (Wildman–Crippen LogP) is 3.91. The van der Waals surface area contributed by atoms with Crippen LogP contribution in [0.15, 0.2) is 51.8 Å². The molecule has 8 nitrogen and oxygen atoms in total. The molecule has 0 aliphatic carbocycles. The Kier molecular flexibility index (Phi) is 5.28. The number of hydrogen-bond donors (Lipinski definition) is 1. The number of aryl methyl sites for hydroxylation is 2. The van der Waals surface area contributed by atoms with Gasteiger partial charge < -0.3 is 14.4 Å². The van der Waals surface area contributed by atoms with E-state index in [0.29, 0.717) is 13.1 Å². The Balaban J connectivity index is 1.27. The fourth-order valence-electron chi connectivity index (χ4n) is 4.82. The van der Waals surface area contributed by atoms with Gasteiger partial charge in [0.05, 0.1) is 11.0 Å². The van der Waals surface area contributed by atoms with Crippen LogP contribution < -0.4 is 5.69 Å². The molecule has 4 heterocycles. The molecule has 0 saturated carbocycles. The summed E-state index contributed by atoms with van der Waals surface area (Å²) < 4.78 is 9.07. The zero-order chi connectivity index (χ0) is 23.1. The van der Waals surface area contributed by atoms with Gasteiger partial charge in [-0.25, -0.2) is 4.79 Å². The van der Waals surface area contributed by atoms with E-state index in [1.54, 1.807) is 6.08 Å². The topological polar surface area (TPSA) is 89.1 Å². The van der Waals surface area contributed by atoms with Crippen LogP contribution >= 0.6 is 0 Å². The molecule has 33 heavy (non-hydrogen) atoms. The molecule has 0 atom stereocenters. The zero-order valence-electron chi connectivity index (χ0n) is 19.0. The number of nitrogens with one attached hydrogen (secondary N) is 1. The Morgan fingerprint density at radius 1 is 1.15 bits per heavy atom. The number of carbonyl (C=O) groups excluding carboxylic acids is 1. The summed E-state index contributed by atoms with van der Waals surface area (Å²) in [5.41, 5.74) is 4.69. The van der Waals surface area contributed by atoms with Gasteiger partial charge >= 0.3 is 5.69 Å². The number of H-pyrrole nitrogens is 1. The predicted molar refractivity (Wildman–Crippen MR) is 126 cm³/mol. The summed E-state index contributed by atoms with van der Waals surface area (Å²) in [6, 6.07) is 11.8. The van der Waals surface area contributed by atoms with Crippen LogP contribution in [0.1, 0.15) is 41.6 Å². The molecule has 8 heteroatoms. The molecule has 0 unspecified atom stereocenters. The first kappa shape index (κ1) is 21.1. The van der Waals surface area contributed by atoms with Gasteiger partial charge in [-0.05, 0) is 63.5 Å². The SMILES string of the molecule is Cc1cc(-n2c(C)cc(C=CC(=O)N3CCC(n4c(=O)[nH]c5ccccc54)CC3)c2C)no1. The van der Waals surface area contributed by atoms with Crippen molar-refractivity contribution in [2.45, 2.75) is 39.7 Å². The maximum atomic E-state index is 12.9. The van der Waals surface area contributed by atoms with E-state index in [-0.39, 0.29) is 17.6 Å². The van der Waals surface area contributed by atoms with Crippen molar-refractivity contribution < 1.29 is 9.32 Å². The molecule has 1 fully saturated rings. The molecule has 5 rings (SSSR count). The highest BCUT2D eigenvalue weighted by Gasteiger charge is 2.25. The lowest BCUT2D eigenvalue weighted by molar-refractivity contribution is -0.127. The van der Waals surface area contributed by atoms with Crippen LogP contribution in [0.25, 0.3) is 22.9 Å². The first-order chi connectivity index (χ1) is 15.9. The number of hydrogen-bond acceptors (Lipinski definition) is 4. The molecular weight excluding hydrogens is 418 g/mol. The van der Waals surface area contributed by atoms with Gasteiger partial charge in [-0.15, -0.1) is 0 Å². The third-order valence-corrected chi connectivity index (χ3v) is 6.49. The number of rotatable bonds is 4. The van der Waals surface area contributed by atoms with Gasteiger partial charge in [0.1, 0.15) is 5.76 Å². The summed E-state index contributed by atoms with van der Waals surface area (Å²) in [6.45, 7) is 7.12. The van der Waals surface area contributed by atoms with E-state index in [9.17, 15) is 9.59 Å². The van der Waals surface area contributed by atoms with Crippen LogP contribution in [0.2, 0.25) is 0 Å². The number of aromatic amines is 1. The summed E-state index contributed by atoms with van der Waals surface area (Å²) in [7, 11) is 0. The summed E-state index contributed by atoms with van der Waals surface area (Å²) in [6.07, 6.45) is 5.01. The highest BCUT2D eigenvalue weighted by atomic mass is 16.5.